The Kier molecular flexibility index (Phi) is 5.30. The van der Waals surface area contributed by atoms with Crippen molar-refractivity contribution in [3.63, 3.8) is 0 Å². The van der Waals surface area contributed by atoms with Gasteiger partial charge in [-0.25, -0.2) is 9.78 Å². The average molecular weight is 342 g/mol. The smallest absolute Gasteiger partial charge is 0.317 e. The molecule has 3 atom stereocenters. The van der Waals surface area contributed by atoms with Gasteiger partial charge in [0.1, 0.15) is 5.82 Å². The van der Waals surface area contributed by atoms with Crippen LogP contribution >= 0.6 is 0 Å². The Morgan fingerprint density at radius 2 is 2.08 bits per heavy atom. The van der Waals surface area contributed by atoms with Gasteiger partial charge in [0.05, 0.1) is 17.1 Å². The van der Waals surface area contributed by atoms with E-state index in [0.29, 0.717) is 12.0 Å². The summed E-state index contributed by atoms with van der Waals surface area (Å²) in [6.07, 6.45) is 4.69. The second-order valence-corrected chi connectivity index (χ2v) is 7.85. The predicted octanol–water partition coefficient (Wildman–Crippen LogP) is 4.48. The normalized spacial score (nSPS) is 22.1. The molecule has 1 aliphatic carbocycles. The number of imidazole rings is 1. The number of urea groups is 1. The van der Waals surface area contributed by atoms with Gasteiger partial charge in [0.15, 0.2) is 0 Å². The van der Waals surface area contributed by atoms with Crippen LogP contribution in [0.1, 0.15) is 58.3 Å². The maximum absolute atomic E-state index is 12.8. The van der Waals surface area contributed by atoms with Gasteiger partial charge in [-0.3, -0.25) is 0 Å². The second-order valence-electron chi connectivity index (χ2n) is 7.85. The minimum absolute atomic E-state index is 0.00161. The highest BCUT2D eigenvalue weighted by Crippen LogP contribution is 2.27. The summed E-state index contributed by atoms with van der Waals surface area (Å²) in [5, 5.41) is 3.20. The molecule has 1 saturated carbocycles. The van der Waals surface area contributed by atoms with E-state index in [0.717, 1.165) is 29.7 Å². The Morgan fingerprint density at radius 1 is 1.32 bits per heavy atom. The number of carbonyl (C=O) groups is 1. The fourth-order valence-corrected chi connectivity index (χ4v) is 3.83. The summed E-state index contributed by atoms with van der Waals surface area (Å²) < 4.78 is 0. The molecule has 5 nitrogen and oxygen atoms in total. The van der Waals surface area contributed by atoms with Crippen LogP contribution in [0.2, 0.25) is 0 Å². The van der Waals surface area contributed by atoms with Gasteiger partial charge >= 0.3 is 6.03 Å². The maximum atomic E-state index is 12.8. The van der Waals surface area contributed by atoms with E-state index in [1.165, 1.54) is 12.8 Å². The second kappa shape index (κ2) is 7.46. The third-order valence-corrected chi connectivity index (χ3v) is 5.42. The van der Waals surface area contributed by atoms with E-state index in [9.17, 15) is 4.79 Å². The molecule has 2 N–H and O–H groups in total. The van der Waals surface area contributed by atoms with Crippen molar-refractivity contribution in [3.05, 3.63) is 30.1 Å². The van der Waals surface area contributed by atoms with E-state index in [-0.39, 0.29) is 18.0 Å². The number of nitrogens with one attached hydrogen (secondary N) is 2. The van der Waals surface area contributed by atoms with Gasteiger partial charge < -0.3 is 15.2 Å². The number of carbonyl (C=O) groups excluding carboxylic acids is 1. The van der Waals surface area contributed by atoms with Crippen LogP contribution < -0.4 is 5.32 Å². The number of nitrogens with zero attached hydrogens (tertiary/aromatic N) is 2. The first-order valence-electron chi connectivity index (χ1n) is 9.43. The summed E-state index contributed by atoms with van der Waals surface area (Å²) in [6.45, 7) is 6.50. The molecule has 1 fully saturated rings. The molecular weight excluding hydrogens is 312 g/mol. The van der Waals surface area contributed by atoms with Crippen LogP contribution in [0.5, 0.6) is 0 Å². The minimum atomic E-state index is -0.122. The Morgan fingerprint density at radius 3 is 2.76 bits per heavy atom. The molecule has 1 aromatic heterocycles. The highest BCUT2D eigenvalue weighted by molar-refractivity contribution is 5.76. The summed E-state index contributed by atoms with van der Waals surface area (Å²) in [5.41, 5.74) is 1.94. The summed E-state index contributed by atoms with van der Waals surface area (Å²) in [7, 11) is 1.92. The number of fused-ring (bicyclic) bond motifs is 1. The first-order valence-corrected chi connectivity index (χ1v) is 9.43. The van der Waals surface area contributed by atoms with E-state index in [4.69, 9.17) is 0 Å². The molecule has 0 saturated heterocycles. The fourth-order valence-electron chi connectivity index (χ4n) is 3.83. The third kappa shape index (κ3) is 3.97. The lowest BCUT2D eigenvalue weighted by Crippen LogP contribution is -2.47. The topological polar surface area (TPSA) is 61.0 Å². The van der Waals surface area contributed by atoms with Crippen LogP contribution in [0.25, 0.3) is 11.0 Å². The fraction of sp³-hybridized carbons (Fsp3) is 0.600. The SMILES string of the molecule is CC1CCCC(N(C)C(=O)NC(c2nc3ccccc3[nH]2)C(C)C)C1. The Hall–Kier alpha value is -2.04. The largest absolute Gasteiger partial charge is 0.340 e. The first-order chi connectivity index (χ1) is 12.0. The Balaban J connectivity index is 1.73. The van der Waals surface area contributed by atoms with Crippen molar-refractivity contribution in [3.8, 4) is 0 Å². The quantitative estimate of drug-likeness (QED) is 0.860. The van der Waals surface area contributed by atoms with Gasteiger partial charge in [-0.1, -0.05) is 45.7 Å². The lowest BCUT2D eigenvalue weighted by molar-refractivity contribution is 0.154. The zero-order chi connectivity index (χ0) is 18.0. The number of benzene rings is 1. The number of hydrogen-bond donors (Lipinski definition) is 2. The van der Waals surface area contributed by atoms with Crippen molar-refractivity contribution in [2.75, 3.05) is 7.05 Å². The number of amides is 2. The molecule has 1 aliphatic rings. The molecule has 3 rings (SSSR count). The van der Waals surface area contributed by atoms with Crippen LogP contribution in [-0.2, 0) is 0 Å². The van der Waals surface area contributed by atoms with E-state index < -0.39 is 0 Å². The molecule has 0 spiro atoms. The monoisotopic (exact) mass is 342 g/mol. The lowest BCUT2D eigenvalue weighted by atomic mass is 9.86. The standard InChI is InChI=1S/C20H30N4O/c1-13(2)18(19-21-16-10-5-6-11-17(16)22-19)23-20(25)24(4)15-9-7-8-14(3)12-15/h5-6,10-11,13-15,18H,7-9,12H2,1-4H3,(H,21,22)(H,23,25). The van der Waals surface area contributed by atoms with Gasteiger partial charge in [-0.05, 0) is 36.8 Å². The zero-order valence-electron chi connectivity index (χ0n) is 15.7. The molecule has 25 heavy (non-hydrogen) atoms. The highest BCUT2D eigenvalue weighted by Gasteiger charge is 2.28. The van der Waals surface area contributed by atoms with Crippen LogP contribution in [0.4, 0.5) is 4.79 Å². The summed E-state index contributed by atoms with van der Waals surface area (Å²) in [5.74, 6) is 1.78. The van der Waals surface area contributed by atoms with Gasteiger partial charge in [0, 0.05) is 13.1 Å². The number of aromatic nitrogens is 2. The van der Waals surface area contributed by atoms with Crippen LogP contribution in [0.3, 0.4) is 0 Å². The Bertz CT molecular complexity index is 690. The molecule has 2 aromatic rings. The molecule has 1 aromatic carbocycles. The summed E-state index contributed by atoms with van der Waals surface area (Å²) in [4.78, 5) is 22.8. The Labute approximate surface area is 150 Å². The molecule has 0 bridgehead atoms. The van der Waals surface area contributed by atoms with E-state index in [1.54, 1.807) is 0 Å². The lowest BCUT2D eigenvalue weighted by Gasteiger charge is -2.35. The number of rotatable bonds is 4. The number of H-pyrrole nitrogens is 1. The summed E-state index contributed by atoms with van der Waals surface area (Å²) in [6, 6.07) is 8.19. The van der Waals surface area contributed by atoms with E-state index in [1.807, 2.05) is 36.2 Å². The van der Waals surface area contributed by atoms with Crippen molar-refractivity contribution in [2.24, 2.45) is 11.8 Å². The van der Waals surface area contributed by atoms with Crippen molar-refractivity contribution in [1.82, 2.24) is 20.2 Å². The molecule has 1 heterocycles. The number of hydrogen-bond acceptors (Lipinski definition) is 2. The van der Waals surface area contributed by atoms with Crippen LogP contribution in [0.15, 0.2) is 24.3 Å². The zero-order valence-corrected chi connectivity index (χ0v) is 15.7. The third-order valence-electron chi connectivity index (χ3n) is 5.42. The number of aromatic amines is 1. The van der Waals surface area contributed by atoms with E-state index in [2.05, 4.69) is 36.1 Å². The molecular formula is C20H30N4O. The van der Waals surface area contributed by atoms with Crippen LogP contribution in [0, 0.1) is 11.8 Å². The number of para-hydroxylation sites is 2. The molecule has 0 radical (unpaired) electrons. The van der Waals surface area contributed by atoms with Gasteiger partial charge in [-0.2, -0.15) is 0 Å². The van der Waals surface area contributed by atoms with Crippen LogP contribution in [-0.4, -0.2) is 34.0 Å². The first kappa shape index (κ1) is 17.8. The van der Waals surface area contributed by atoms with Crippen molar-refractivity contribution >= 4 is 17.1 Å². The molecule has 0 aliphatic heterocycles. The van der Waals surface area contributed by atoms with Crippen molar-refractivity contribution in [2.45, 2.75) is 58.5 Å². The van der Waals surface area contributed by atoms with Gasteiger partial charge in [-0.15, -0.1) is 0 Å². The highest BCUT2D eigenvalue weighted by atomic mass is 16.2. The van der Waals surface area contributed by atoms with Gasteiger partial charge in [0.25, 0.3) is 0 Å². The average Bonchev–Trinajstić information content (AvgIpc) is 3.02. The summed E-state index contributed by atoms with van der Waals surface area (Å²) >= 11 is 0. The maximum Gasteiger partial charge on any atom is 0.317 e. The van der Waals surface area contributed by atoms with Crippen molar-refractivity contribution < 1.29 is 4.79 Å². The molecule has 136 valence electrons. The molecule has 3 unspecified atom stereocenters. The minimum Gasteiger partial charge on any atom is -0.340 e. The van der Waals surface area contributed by atoms with E-state index >= 15 is 0 Å². The molecule has 2 amide bonds. The van der Waals surface area contributed by atoms with Gasteiger partial charge in [0.2, 0.25) is 0 Å². The van der Waals surface area contributed by atoms with Crippen molar-refractivity contribution in [1.29, 1.82) is 0 Å². The predicted molar refractivity (Wildman–Crippen MR) is 101 cm³/mol. The molecule has 5 heteroatoms.